The largest absolute Gasteiger partial charge is 0.494 e. The van der Waals surface area contributed by atoms with Crippen LogP contribution < -0.4 is 14.8 Å². The molecule has 6 rings (SSSR count). The molecule has 1 saturated carbocycles. The number of aromatic nitrogens is 1. The molecule has 7 nitrogen and oxygen atoms in total. The van der Waals surface area contributed by atoms with Gasteiger partial charge in [-0.3, -0.25) is 9.36 Å². The van der Waals surface area contributed by atoms with Crippen molar-refractivity contribution in [2.24, 2.45) is 0 Å². The fourth-order valence-corrected chi connectivity index (χ4v) is 4.70. The summed E-state index contributed by atoms with van der Waals surface area (Å²) in [5.41, 5.74) is 4.79. The van der Waals surface area contributed by atoms with E-state index in [2.05, 4.69) is 5.32 Å². The lowest BCUT2D eigenvalue weighted by molar-refractivity contribution is -0.118. The molecule has 1 fully saturated rings. The number of amides is 1. The van der Waals surface area contributed by atoms with Crippen molar-refractivity contribution in [1.82, 2.24) is 4.57 Å². The summed E-state index contributed by atoms with van der Waals surface area (Å²) in [6.45, 7) is 2.23. The number of benzene rings is 3. The lowest BCUT2D eigenvalue weighted by atomic mass is 9.94. The molecule has 2 heterocycles. The van der Waals surface area contributed by atoms with Gasteiger partial charge in [-0.05, 0) is 78.4 Å². The van der Waals surface area contributed by atoms with Gasteiger partial charge in [0.1, 0.15) is 0 Å². The predicted octanol–water partition coefficient (Wildman–Crippen LogP) is 5.26. The molecule has 1 aliphatic carbocycles. The second-order valence-corrected chi connectivity index (χ2v) is 9.07. The number of hydrogen-bond acceptors (Lipinski definition) is 5. The number of nitrogens with zero attached hydrogens (tertiary/aromatic N) is 1. The molecule has 176 valence electrons. The lowest BCUT2D eigenvalue weighted by Crippen LogP contribution is -2.27. The number of ether oxygens (including phenoxy) is 2. The third-order valence-corrected chi connectivity index (χ3v) is 6.88. The van der Waals surface area contributed by atoms with Crippen LogP contribution in [0.5, 0.6) is 23.3 Å². The molecule has 1 amide bonds. The lowest BCUT2D eigenvalue weighted by Gasteiger charge is -2.17. The smallest absolute Gasteiger partial charge is 0.235 e. The highest BCUT2D eigenvalue weighted by atomic mass is 16.7. The van der Waals surface area contributed by atoms with Crippen molar-refractivity contribution < 1.29 is 24.5 Å². The fourth-order valence-electron chi connectivity index (χ4n) is 4.70. The topological polar surface area (TPSA) is 93.0 Å². The number of rotatable bonds is 5. The highest BCUT2D eigenvalue weighted by Crippen LogP contribution is 2.51. The van der Waals surface area contributed by atoms with Crippen molar-refractivity contribution in [2.45, 2.75) is 25.2 Å². The standard InChI is InChI=1S/C28H24N2O5/c1-17-2-6-20(15-22(17)18-3-7-21(8-4-18)30-25(31)10-11-26(30)32)29-27(33)28(12-13-28)19-5-9-23-24(14-19)35-16-34-23/h2-11,14-15,31-32H,12-13,16H2,1H3,(H,29,33). The van der Waals surface area contributed by atoms with E-state index in [1.807, 2.05) is 67.6 Å². The second kappa shape index (κ2) is 7.84. The fraction of sp³-hybridized carbons (Fsp3) is 0.179. The Kier molecular flexibility index (Phi) is 4.74. The predicted molar refractivity (Wildman–Crippen MR) is 131 cm³/mol. The number of aromatic hydroxyl groups is 2. The Labute approximate surface area is 202 Å². The minimum absolute atomic E-state index is 0.0277. The average Bonchev–Trinajstić information content (AvgIpc) is 3.43. The number of carbonyl (C=O) groups is 1. The molecule has 3 N–H and O–H groups in total. The van der Waals surface area contributed by atoms with E-state index in [9.17, 15) is 15.0 Å². The molecule has 0 radical (unpaired) electrons. The first-order chi connectivity index (χ1) is 16.9. The Bertz CT molecular complexity index is 1430. The molecular formula is C28H24N2O5. The van der Waals surface area contributed by atoms with Crippen LogP contribution in [0.15, 0.2) is 72.8 Å². The van der Waals surface area contributed by atoms with Gasteiger partial charge in [-0.2, -0.15) is 0 Å². The number of carbonyl (C=O) groups excluding carboxylic acids is 1. The van der Waals surface area contributed by atoms with Crippen LogP contribution in [0.1, 0.15) is 24.0 Å². The summed E-state index contributed by atoms with van der Waals surface area (Å²) in [5.74, 6) is 1.30. The summed E-state index contributed by atoms with van der Waals surface area (Å²) in [7, 11) is 0. The quantitative estimate of drug-likeness (QED) is 0.371. The van der Waals surface area contributed by atoms with Crippen LogP contribution in [-0.2, 0) is 10.2 Å². The molecule has 1 aliphatic heterocycles. The molecule has 2 aliphatic rings. The zero-order valence-corrected chi connectivity index (χ0v) is 19.1. The maximum Gasteiger partial charge on any atom is 0.235 e. The Morgan fingerprint density at radius 3 is 2.31 bits per heavy atom. The molecule has 35 heavy (non-hydrogen) atoms. The van der Waals surface area contributed by atoms with Crippen LogP contribution in [0.2, 0.25) is 0 Å². The van der Waals surface area contributed by atoms with E-state index in [1.54, 1.807) is 0 Å². The van der Waals surface area contributed by atoms with Crippen LogP contribution >= 0.6 is 0 Å². The molecule has 7 heteroatoms. The van der Waals surface area contributed by atoms with Crippen molar-refractivity contribution in [3.63, 3.8) is 0 Å². The van der Waals surface area contributed by atoms with Gasteiger partial charge in [0.05, 0.1) is 11.1 Å². The summed E-state index contributed by atoms with van der Waals surface area (Å²) >= 11 is 0. The van der Waals surface area contributed by atoms with E-state index in [0.29, 0.717) is 17.2 Å². The first kappa shape index (κ1) is 21.2. The highest BCUT2D eigenvalue weighted by Gasteiger charge is 2.51. The maximum atomic E-state index is 13.3. The SMILES string of the molecule is Cc1ccc(NC(=O)C2(c3ccc4c(c3)OCO4)CC2)cc1-c1ccc(-n2c(O)ccc2O)cc1. The zero-order valence-electron chi connectivity index (χ0n) is 19.1. The van der Waals surface area contributed by atoms with Crippen LogP contribution in [0.25, 0.3) is 16.8 Å². The van der Waals surface area contributed by atoms with E-state index >= 15 is 0 Å². The molecule has 0 saturated heterocycles. The number of aryl methyl sites for hydroxylation is 1. The van der Waals surface area contributed by atoms with Gasteiger partial charge in [0, 0.05) is 17.8 Å². The van der Waals surface area contributed by atoms with Crippen molar-refractivity contribution in [3.05, 3.63) is 83.9 Å². The van der Waals surface area contributed by atoms with Crippen LogP contribution in [0.4, 0.5) is 5.69 Å². The van der Waals surface area contributed by atoms with Gasteiger partial charge < -0.3 is 25.0 Å². The molecule has 1 aromatic heterocycles. The van der Waals surface area contributed by atoms with Gasteiger partial charge in [-0.25, -0.2) is 0 Å². The summed E-state index contributed by atoms with van der Waals surface area (Å²) in [6.07, 6.45) is 1.58. The summed E-state index contributed by atoms with van der Waals surface area (Å²) in [6, 6.07) is 22.0. The van der Waals surface area contributed by atoms with Gasteiger partial charge in [-0.15, -0.1) is 0 Å². The second-order valence-electron chi connectivity index (χ2n) is 9.07. The van der Waals surface area contributed by atoms with E-state index in [1.165, 1.54) is 16.7 Å². The highest BCUT2D eigenvalue weighted by molar-refractivity contribution is 6.02. The van der Waals surface area contributed by atoms with Gasteiger partial charge in [0.15, 0.2) is 23.3 Å². The van der Waals surface area contributed by atoms with Crippen molar-refractivity contribution in [1.29, 1.82) is 0 Å². The summed E-state index contributed by atoms with van der Waals surface area (Å²) in [4.78, 5) is 13.3. The molecular weight excluding hydrogens is 444 g/mol. The number of hydrogen-bond donors (Lipinski definition) is 3. The molecule has 0 unspecified atom stereocenters. The monoisotopic (exact) mass is 468 g/mol. The Morgan fingerprint density at radius 1 is 0.886 bits per heavy atom. The first-order valence-corrected chi connectivity index (χ1v) is 11.5. The normalized spacial score (nSPS) is 15.1. The first-order valence-electron chi connectivity index (χ1n) is 11.5. The van der Waals surface area contributed by atoms with Gasteiger partial charge >= 0.3 is 0 Å². The minimum Gasteiger partial charge on any atom is -0.494 e. The molecule has 4 aromatic rings. The molecule has 3 aromatic carbocycles. The van der Waals surface area contributed by atoms with E-state index < -0.39 is 5.41 Å². The van der Waals surface area contributed by atoms with Gasteiger partial charge in [0.25, 0.3) is 0 Å². The van der Waals surface area contributed by atoms with Crippen LogP contribution in [0.3, 0.4) is 0 Å². The van der Waals surface area contributed by atoms with Gasteiger partial charge in [0.2, 0.25) is 12.7 Å². The van der Waals surface area contributed by atoms with Gasteiger partial charge in [-0.1, -0.05) is 24.3 Å². The van der Waals surface area contributed by atoms with Crippen molar-refractivity contribution >= 4 is 11.6 Å². The third kappa shape index (κ3) is 3.56. The van der Waals surface area contributed by atoms with Crippen molar-refractivity contribution in [3.8, 4) is 40.1 Å². The number of fused-ring (bicyclic) bond motifs is 1. The van der Waals surface area contributed by atoms with E-state index in [4.69, 9.17) is 9.47 Å². The third-order valence-electron chi connectivity index (χ3n) is 6.88. The minimum atomic E-state index is -0.547. The van der Waals surface area contributed by atoms with E-state index in [0.717, 1.165) is 40.8 Å². The van der Waals surface area contributed by atoms with Crippen molar-refractivity contribution in [2.75, 3.05) is 12.1 Å². The summed E-state index contributed by atoms with van der Waals surface area (Å²) in [5, 5.41) is 23.1. The maximum absolute atomic E-state index is 13.3. The van der Waals surface area contributed by atoms with Crippen LogP contribution in [-0.4, -0.2) is 27.5 Å². The summed E-state index contributed by atoms with van der Waals surface area (Å²) < 4.78 is 12.3. The molecule has 0 atom stereocenters. The number of anilines is 1. The van der Waals surface area contributed by atoms with Crippen LogP contribution in [0, 0.1) is 6.92 Å². The number of nitrogens with one attached hydrogen (secondary N) is 1. The molecule has 0 spiro atoms. The molecule has 0 bridgehead atoms. The average molecular weight is 469 g/mol. The zero-order chi connectivity index (χ0) is 24.2. The van der Waals surface area contributed by atoms with E-state index in [-0.39, 0.29) is 24.5 Å². The Morgan fingerprint density at radius 2 is 1.60 bits per heavy atom. The Hall–Kier alpha value is -4.39. The Balaban J connectivity index is 1.25.